The highest BCUT2D eigenvalue weighted by Crippen LogP contribution is 2.19. The molecule has 0 atom stereocenters. The molecular weight excluding hydrogens is 224 g/mol. The molecule has 0 heterocycles. The summed E-state index contributed by atoms with van der Waals surface area (Å²) >= 11 is 0.996. The van der Waals surface area contributed by atoms with Gasteiger partial charge in [-0.3, -0.25) is 0 Å². The van der Waals surface area contributed by atoms with Crippen molar-refractivity contribution in [2.45, 2.75) is 20.8 Å². The first-order valence-corrected chi connectivity index (χ1v) is 5.40. The topological polar surface area (TPSA) is 73.9 Å². The van der Waals surface area contributed by atoms with Gasteiger partial charge in [-0.25, -0.2) is 4.79 Å². The van der Waals surface area contributed by atoms with Crippen LogP contribution in [0.15, 0.2) is 22.1 Å². The van der Waals surface area contributed by atoms with Gasteiger partial charge in [-0.1, -0.05) is 0 Å². The van der Waals surface area contributed by atoms with E-state index in [-0.39, 0.29) is 12.2 Å². The third-order valence-corrected chi connectivity index (χ3v) is 2.45. The fourth-order valence-corrected chi connectivity index (χ4v) is 1.17. The third-order valence-electron chi connectivity index (χ3n) is 1.73. The Morgan fingerprint density at radius 1 is 1.44 bits per heavy atom. The maximum atomic E-state index is 11.3. The zero-order chi connectivity index (χ0) is 12.6. The molecule has 4 nitrogen and oxygen atoms in total. The molecule has 16 heavy (non-hydrogen) atoms. The number of thioether (sulfide) groups is 1. The molecule has 0 aromatic heterocycles. The maximum absolute atomic E-state index is 11.3. The number of ether oxygens (including phenoxy) is 1. The first-order chi connectivity index (χ1) is 7.56. The Morgan fingerprint density at radius 3 is 2.50 bits per heavy atom. The Labute approximate surface area is 99.2 Å². The van der Waals surface area contributed by atoms with Crippen molar-refractivity contribution in [2.75, 3.05) is 6.61 Å². The second-order valence-corrected chi connectivity index (χ2v) is 3.82. The van der Waals surface area contributed by atoms with E-state index in [1.807, 2.05) is 5.40 Å². The summed E-state index contributed by atoms with van der Waals surface area (Å²) in [6.07, 6.45) is 1.43. The number of nitrogens with zero attached hydrogens (tertiary/aromatic N) is 2. The molecule has 0 spiro atoms. The standard InChI is InChI=1S/C11H12N2O2S/c1-4-15-11(14)10(6-12)5-8(2)9(3)16-7-13/h5H,4H2,1-3H3. The molecule has 84 valence electrons. The fraction of sp³-hybridized carbons (Fsp3) is 0.364. The van der Waals surface area contributed by atoms with Crippen LogP contribution in [0.5, 0.6) is 0 Å². The number of carbonyl (C=O) groups is 1. The molecule has 0 saturated heterocycles. The largest absolute Gasteiger partial charge is 0.462 e. The SMILES string of the molecule is CCOC(=O)C(C#N)=CC(C)=C(C)SC#N. The minimum Gasteiger partial charge on any atom is -0.462 e. The van der Waals surface area contributed by atoms with Gasteiger partial charge in [0.05, 0.1) is 6.61 Å². The Balaban J connectivity index is 5.00. The first kappa shape index (κ1) is 14.3. The molecule has 0 rings (SSSR count). The van der Waals surface area contributed by atoms with Crippen LogP contribution < -0.4 is 0 Å². The second kappa shape index (κ2) is 7.56. The molecule has 0 radical (unpaired) electrons. The number of thiocyanates is 1. The van der Waals surface area contributed by atoms with Crippen molar-refractivity contribution < 1.29 is 9.53 Å². The van der Waals surface area contributed by atoms with E-state index in [4.69, 9.17) is 15.3 Å². The van der Waals surface area contributed by atoms with Gasteiger partial charge in [0.25, 0.3) is 0 Å². The van der Waals surface area contributed by atoms with E-state index in [1.165, 1.54) is 6.08 Å². The average Bonchev–Trinajstić information content (AvgIpc) is 2.26. The summed E-state index contributed by atoms with van der Waals surface area (Å²) in [4.78, 5) is 12.0. The van der Waals surface area contributed by atoms with Crippen LogP contribution in [0.1, 0.15) is 20.8 Å². The minimum atomic E-state index is -0.640. The summed E-state index contributed by atoms with van der Waals surface area (Å²) in [7, 11) is 0. The quantitative estimate of drug-likeness (QED) is 0.246. The third kappa shape index (κ3) is 4.68. The molecule has 0 amide bonds. The number of hydrogen-bond acceptors (Lipinski definition) is 5. The van der Waals surface area contributed by atoms with Gasteiger partial charge in [-0.15, -0.1) is 0 Å². The van der Waals surface area contributed by atoms with Crippen LogP contribution in [-0.4, -0.2) is 12.6 Å². The van der Waals surface area contributed by atoms with Gasteiger partial charge in [0.15, 0.2) is 0 Å². The van der Waals surface area contributed by atoms with Crippen LogP contribution in [0.25, 0.3) is 0 Å². The van der Waals surface area contributed by atoms with Crippen LogP contribution in [0.2, 0.25) is 0 Å². The van der Waals surface area contributed by atoms with Crippen molar-refractivity contribution in [1.29, 1.82) is 10.5 Å². The van der Waals surface area contributed by atoms with Gasteiger partial charge in [0.1, 0.15) is 17.0 Å². The molecule has 0 fully saturated rings. The van der Waals surface area contributed by atoms with Gasteiger partial charge in [0.2, 0.25) is 0 Å². The molecule has 0 unspecified atom stereocenters. The van der Waals surface area contributed by atoms with Crippen LogP contribution >= 0.6 is 11.8 Å². The summed E-state index contributed by atoms with van der Waals surface area (Å²) in [5.74, 6) is -0.640. The highest BCUT2D eigenvalue weighted by atomic mass is 32.2. The lowest BCUT2D eigenvalue weighted by Gasteiger charge is -2.01. The van der Waals surface area contributed by atoms with Gasteiger partial charge < -0.3 is 4.74 Å². The van der Waals surface area contributed by atoms with Gasteiger partial charge in [0, 0.05) is 0 Å². The van der Waals surface area contributed by atoms with Crippen molar-refractivity contribution in [1.82, 2.24) is 0 Å². The molecule has 0 aliphatic heterocycles. The van der Waals surface area contributed by atoms with Crippen molar-refractivity contribution >= 4 is 17.7 Å². The van der Waals surface area contributed by atoms with E-state index in [1.54, 1.807) is 26.8 Å². The zero-order valence-electron chi connectivity index (χ0n) is 9.40. The van der Waals surface area contributed by atoms with Gasteiger partial charge >= 0.3 is 5.97 Å². The predicted octanol–water partition coefficient (Wildman–Crippen LogP) is 2.51. The lowest BCUT2D eigenvalue weighted by Crippen LogP contribution is -2.06. The lowest BCUT2D eigenvalue weighted by molar-refractivity contribution is -0.138. The average molecular weight is 236 g/mol. The number of hydrogen-bond donors (Lipinski definition) is 0. The highest BCUT2D eigenvalue weighted by molar-refractivity contribution is 8.07. The summed E-state index contributed by atoms with van der Waals surface area (Å²) in [6.45, 7) is 5.38. The zero-order valence-corrected chi connectivity index (χ0v) is 10.2. The van der Waals surface area contributed by atoms with E-state index < -0.39 is 5.97 Å². The number of allylic oxidation sites excluding steroid dienone is 3. The monoisotopic (exact) mass is 236 g/mol. The molecule has 0 aromatic carbocycles. The smallest absolute Gasteiger partial charge is 0.348 e. The summed E-state index contributed by atoms with van der Waals surface area (Å²) < 4.78 is 4.71. The van der Waals surface area contributed by atoms with Crippen molar-refractivity contribution in [3.8, 4) is 11.5 Å². The van der Waals surface area contributed by atoms with Crippen LogP contribution in [-0.2, 0) is 9.53 Å². The predicted molar refractivity (Wildman–Crippen MR) is 61.9 cm³/mol. The van der Waals surface area contributed by atoms with Crippen LogP contribution in [0.3, 0.4) is 0 Å². The van der Waals surface area contributed by atoms with Crippen LogP contribution in [0.4, 0.5) is 0 Å². The molecule has 0 aliphatic carbocycles. The lowest BCUT2D eigenvalue weighted by atomic mass is 10.2. The summed E-state index contributed by atoms with van der Waals surface area (Å²) in [6, 6.07) is 1.77. The van der Waals surface area contributed by atoms with Crippen molar-refractivity contribution in [3.05, 3.63) is 22.1 Å². The number of rotatable bonds is 4. The fourth-order valence-electron chi connectivity index (χ4n) is 0.813. The summed E-state index contributed by atoms with van der Waals surface area (Å²) in [5, 5.41) is 19.2. The molecule has 0 aliphatic rings. The molecule has 0 aromatic rings. The van der Waals surface area contributed by atoms with Gasteiger partial charge in [-0.05, 0) is 49.1 Å². The first-order valence-electron chi connectivity index (χ1n) is 4.59. The normalized spacial score (nSPS) is 12.2. The maximum Gasteiger partial charge on any atom is 0.348 e. The Kier molecular flexibility index (Phi) is 6.74. The number of carbonyl (C=O) groups excluding carboxylic acids is 1. The van der Waals surface area contributed by atoms with Gasteiger partial charge in [-0.2, -0.15) is 10.5 Å². The Bertz CT molecular complexity index is 411. The van der Waals surface area contributed by atoms with Crippen LogP contribution in [0, 0.1) is 22.0 Å². The highest BCUT2D eigenvalue weighted by Gasteiger charge is 2.09. The van der Waals surface area contributed by atoms with E-state index >= 15 is 0 Å². The molecular formula is C11H12N2O2S. The van der Waals surface area contributed by atoms with E-state index in [0.717, 1.165) is 16.7 Å². The number of esters is 1. The Morgan fingerprint density at radius 2 is 2.06 bits per heavy atom. The van der Waals surface area contributed by atoms with Crippen molar-refractivity contribution in [2.24, 2.45) is 0 Å². The van der Waals surface area contributed by atoms with E-state index in [9.17, 15) is 4.79 Å². The summed E-state index contributed by atoms with van der Waals surface area (Å²) in [5.41, 5.74) is 0.647. The molecule has 0 N–H and O–H groups in total. The van der Waals surface area contributed by atoms with Crippen molar-refractivity contribution in [3.63, 3.8) is 0 Å². The molecule has 5 heteroatoms. The molecule has 0 saturated carbocycles. The van der Waals surface area contributed by atoms with E-state index in [0.29, 0.717) is 5.57 Å². The Hall–Kier alpha value is -1.72. The van der Waals surface area contributed by atoms with E-state index in [2.05, 4.69) is 0 Å². The second-order valence-electron chi connectivity index (χ2n) is 2.82. The molecule has 0 bridgehead atoms. The number of nitriles is 2. The minimum absolute atomic E-state index is 0.0581.